The van der Waals surface area contributed by atoms with Crippen LogP contribution in [-0.4, -0.2) is 29.7 Å². The van der Waals surface area contributed by atoms with E-state index in [1.165, 1.54) is 5.69 Å². The number of imidazole rings is 1. The molecule has 1 aromatic heterocycles. The summed E-state index contributed by atoms with van der Waals surface area (Å²) in [5, 5.41) is 4.41. The molecule has 0 fully saturated rings. The quantitative estimate of drug-likeness (QED) is 0.303. The molecule has 0 saturated carbocycles. The average molecular weight is 545 g/mol. The normalized spacial score (nSPS) is 13.6. The second-order valence-corrected chi connectivity index (χ2v) is 10.5. The maximum absolute atomic E-state index is 12.8. The fraction of sp³-hybridized carbons (Fsp3) is 0.448. The van der Waals surface area contributed by atoms with Gasteiger partial charge in [0.25, 0.3) is 0 Å². The van der Waals surface area contributed by atoms with E-state index in [0.29, 0.717) is 36.0 Å². The van der Waals surface area contributed by atoms with Gasteiger partial charge in [-0.3, -0.25) is 4.79 Å². The van der Waals surface area contributed by atoms with Gasteiger partial charge in [-0.05, 0) is 67.7 Å². The highest BCUT2D eigenvalue weighted by Crippen LogP contribution is 2.38. The SMILES string of the molecule is COc1ccc(CC(C)CCC(=O)NCc2nc3c(n2Cc2ccccc2Cl)CCCC3)c(Cl)c1OC. The maximum atomic E-state index is 12.8. The summed E-state index contributed by atoms with van der Waals surface area (Å²) in [7, 11) is 3.17. The molecule has 1 N–H and O–H groups in total. The molecule has 1 atom stereocenters. The number of carbonyl (C=O) groups excluding carboxylic acids is 1. The first kappa shape index (κ1) is 27.3. The summed E-state index contributed by atoms with van der Waals surface area (Å²) in [6.45, 7) is 3.20. The summed E-state index contributed by atoms with van der Waals surface area (Å²) >= 11 is 13.0. The number of hydrogen-bond donors (Lipinski definition) is 1. The molecule has 0 spiro atoms. The predicted octanol–water partition coefficient (Wildman–Crippen LogP) is 6.41. The molecule has 37 heavy (non-hydrogen) atoms. The molecule has 2 aromatic carbocycles. The summed E-state index contributed by atoms with van der Waals surface area (Å²) in [6.07, 6.45) is 6.26. The van der Waals surface area contributed by atoms with Gasteiger partial charge in [-0.1, -0.05) is 54.4 Å². The average Bonchev–Trinajstić information content (AvgIpc) is 3.25. The van der Waals surface area contributed by atoms with Crippen LogP contribution in [-0.2, 0) is 37.1 Å². The van der Waals surface area contributed by atoms with Crippen LogP contribution in [0.3, 0.4) is 0 Å². The maximum Gasteiger partial charge on any atom is 0.220 e. The van der Waals surface area contributed by atoms with Crippen LogP contribution < -0.4 is 14.8 Å². The van der Waals surface area contributed by atoms with Crippen molar-refractivity contribution in [3.63, 3.8) is 0 Å². The van der Waals surface area contributed by atoms with Crippen LogP contribution in [0.25, 0.3) is 0 Å². The first-order valence-electron chi connectivity index (χ1n) is 12.9. The van der Waals surface area contributed by atoms with Crippen molar-refractivity contribution >= 4 is 29.1 Å². The van der Waals surface area contributed by atoms with Gasteiger partial charge in [-0.15, -0.1) is 0 Å². The van der Waals surface area contributed by atoms with E-state index in [9.17, 15) is 4.79 Å². The van der Waals surface area contributed by atoms with E-state index < -0.39 is 0 Å². The lowest BCUT2D eigenvalue weighted by Gasteiger charge is -2.17. The fourth-order valence-corrected chi connectivity index (χ4v) is 5.49. The molecule has 4 rings (SSSR count). The third kappa shape index (κ3) is 6.60. The minimum atomic E-state index is 0.0236. The van der Waals surface area contributed by atoms with E-state index in [1.807, 2.05) is 36.4 Å². The van der Waals surface area contributed by atoms with Crippen molar-refractivity contribution in [1.82, 2.24) is 14.9 Å². The number of nitrogens with zero attached hydrogens (tertiary/aromatic N) is 2. The molecule has 1 aliphatic carbocycles. The number of aryl methyl sites for hydroxylation is 1. The van der Waals surface area contributed by atoms with Gasteiger partial charge in [0.1, 0.15) is 5.82 Å². The molecule has 1 amide bonds. The summed E-state index contributed by atoms with van der Waals surface area (Å²) in [4.78, 5) is 17.7. The molecule has 6 nitrogen and oxygen atoms in total. The van der Waals surface area contributed by atoms with Gasteiger partial charge in [0.15, 0.2) is 11.5 Å². The predicted molar refractivity (Wildman–Crippen MR) is 148 cm³/mol. The first-order chi connectivity index (χ1) is 17.9. The zero-order valence-corrected chi connectivity index (χ0v) is 23.3. The van der Waals surface area contributed by atoms with Crippen LogP contribution in [0.15, 0.2) is 36.4 Å². The van der Waals surface area contributed by atoms with Crippen LogP contribution in [0.4, 0.5) is 0 Å². The highest BCUT2D eigenvalue weighted by molar-refractivity contribution is 6.33. The van der Waals surface area contributed by atoms with Crippen molar-refractivity contribution in [2.75, 3.05) is 14.2 Å². The van der Waals surface area contributed by atoms with Gasteiger partial charge in [0.05, 0.1) is 38.0 Å². The molecule has 0 bridgehead atoms. The number of fused-ring (bicyclic) bond motifs is 1. The highest BCUT2D eigenvalue weighted by atomic mass is 35.5. The molecule has 3 aromatic rings. The summed E-state index contributed by atoms with van der Waals surface area (Å²) in [5.74, 6) is 2.34. The molecule has 198 valence electrons. The van der Waals surface area contributed by atoms with Crippen molar-refractivity contribution in [1.29, 1.82) is 0 Å². The smallest absolute Gasteiger partial charge is 0.220 e. The Morgan fingerprint density at radius 1 is 1.08 bits per heavy atom. The number of amides is 1. The molecule has 1 unspecified atom stereocenters. The van der Waals surface area contributed by atoms with Crippen molar-refractivity contribution in [2.24, 2.45) is 5.92 Å². The molecule has 0 aliphatic heterocycles. The Hall–Kier alpha value is -2.70. The monoisotopic (exact) mass is 543 g/mol. The zero-order chi connectivity index (χ0) is 26.4. The summed E-state index contributed by atoms with van der Waals surface area (Å²) in [6, 6.07) is 11.7. The highest BCUT2D eigenvalue weighted by Gasteiger charge is 2.21. The van der Waals surface area contributed by atoms with Crippen molar-refractivity contribution < 1.29 is 14.3 Å². The number of carbonyl (C=O) groups is 1. The molecule has 0 saturated heterocycles. The van der Waals surface area contributed by atoms with E-state index in [0.717, 1.165) is 66.2 Å². The Morgan fingerprint density at radius 2 is 1.86 bits per heavy atom. The van der Waals surface area contributed by atoms with E-state index in [1.54, 1.807) is 14.2 Å². The van der Waals surface area contributed by atoms with Crippen molar-refractivity contribution in [3.05, 3.63) is 74.8 Å². The van der Waals surface area contributed by atoms with Crippen LogP contribution in [0.1, 0.15) is 60.9 Å². The van der Waals surface area contributed by atoms with E-state index in [-0.39, 0.29) is 11.8 Å². The third-order valence-electron chi connectivity index (χ3n) is 7.04. The lowest BCUT2D eigenvalue weighted by atomic mass is 9.96. The minimum absolute atomic E-state index is 0.0236. The Balaban J connectivity index is 1.35. The van der Waals surface area contributed by atoms with Crippen molar-refractivity contribution in [3.8, 4) is 11.5 Å². The number of aromatic nitrogens is 2. The Kier molecular flexibility index (Phi) is 9.38. The Bertz CT molecular complexity index is 1240. The lowest BCUT2D eigenvalue weighted by molar-refractivity contribution is -0.121. The van der Waals surface area contributed by atoms with E-state index in [2.05, 4.69) is 16.8 Å². The van der Waals surface area contributed by atoms with Gasteiger partial charge in [-0.2, -0.15) is 0 Å². The van der Waals surface area contributed by atoms with Gasteiger partial charge in [0.2, 0.25) is 5.91 Å². The standard InChI is InChI=1S/C29H35Cl2N3O3/c1-19(16-20-13-14-25(36-2)29(37-3)28(20)31)12-15-27(35)32-17-26-33-23-10-6-7-11-24(23)34(26)18-21-8-4-5-9-22(21)30/h4-5,8-9,13-14,19H,6-7,10-12,15-18H2,1-3H3,(H,32,35). The summed E-state index contributed by atoms with van der Waals surface area (Å²) in [5.41, 5.74) is 4.48. The van der Waals surface area contributed by atoms with E-state index >= 15 is 0 Å². The number of halogens is 2. The fourth-order valence-electron chi connectivity index (χ4n) is 4.98. The third-order valence-corrected chi connectivity index (χ3v) is 7.82. The molecule has 8 heteroatoms. The first-order valence-corrected chi connectivity index (χ1v) is 13.6. The van der Waals surface area contributed by atoms with Crippen LogP contribution in [0.5, 0.6) is 11.5 Å². The topological polar surface area (TPSA) is 65.4 Å². The van der Waals surface area contributed by atoms with Crippen molar-refractivity contribution in [2.45, 2.75) is 65.0 Å². The molecule has 1 heterocycles. The Morgan fingerprint density at radius 3 is 2.62 bits per heavy atom. The van der Waals surface area contributed by atoms with Gasteiger partial charge < -0.3 is 19.4 Å². The number of rotatable bonds is 11. The second-order valence-electron chi connectivity index (χ2n) is 9.70. The number of hydrogen-bond acceptors (Lipinski definition) is 4. The van der Waals surface area contributed by atoms with Crippen LogP contribution in [0, 0.1) is 5.92 Å². The van der Waals surface area contributed by atoms with Gasteiger partial charge in [-0.25, -0.2) is 4.98 Å². The Labute approximate surface area is 229 Å². The number of benzene rings is 2. The van der Waals surface area contributed by atoms with E-state index in [4.69, 9.17) is 37.7 Å². The molecular weight excluding hydrogens is 509 g/mol. The largest absolute Gasteiger partial charge is 0.493 e. The van der Waals surface area contributed by atoms with Gasteiger partial charge in [0, 0.05) is 17.1 Å². The number of methoxy groups -OCH3 is 2. The number of ether oxygens (including phenoxy) is 2. The number of nitrogens with one attached hydrogen (secondary N) is 1. The molecular formula is C29H35Cl2N3O3. The van der Waals surface area contributed by atoms with Gasteiger partial charge >= 0.3 is 0 Å². The minimum Gasteiger partial charge on any atom is -0.493 e. The second kappa shape index (κ2) is 12.7. The molecule has 1 aliphatic rings. The summed E-state index contributed by atoms with van der Waals surface area (Å²) < 4.78 is 13.0. The van der Waals surface area contributed by atoms with Crippen LogP contribution in [0.2, 0.25) is 10.0 Å². The zero-order valence-electron chi connectivity index (χ0n) is 21.8. The molecule has 0 radical (unpaired) electrons. The van der Waals surface area contributed by atoms with Crippen LogP contribution >= 0.6 is 23.2 Å². The lowest BCUT2D eigenvalue weighted by Crippen LogP contribution is -2.25.